The Morgan fingerprint density at radius 2 is 1.83 bits per heavy atom. The van der Waals surface area contributed by atoms with Crippen molar-refractivity contribution in [3.63, 3.8) is 0 Å². The quantitative estimate of drug-likeness (QED) is 0.685. The number of carbonyl (C=O) groups is 1. The Hall–Kier alpha value is -2.40. The van der Waals surface area contributed by atoms with Crippen LogP contribution < -0.4 is 5.32 Å². The summed E-state index contributed by atoms with van der Waals surface area (Å²) in [5.74, 6) is -0.00751. The smallest absolute Gasteiger partial charge is 0.239 e. The molecule has 2 aromatic carbocycles. The highest BCUT2D eigenvalue weighted by atomic mass is 32.2. The van der Waals surface area contributed by atoms with Gasteiger partial charge in [-0.1, -0.05) is 71.9 Å². The van der Waals surface area contributed by atoms with Crippen LogP contribution in [0, 0.1) is 6.92 Å². The average molecular weight is 337 g/mol. The standard InChI is InChI=1S/C19H19N3OS/c1-13-8-10-15(11-9-13)12-17-18(23)20-19(24-17)22-21-14(2)16-6-4-3-5-7-16/h3-11,17H,12H2,1-2H3,(H,20,22,23). The number of nitrogens with one attached hydrogen (secondary N) is 1. The third-order valence-electron chi connectivity index (χ3n) is 3.80. The number of amidine groups is 1. The number of hydrogen-bond donors (Lipinski definition) is 1. The third-order valence-corrected chi connectivity index (χ3v) is 4.87. The van der Waals surface area contributed by atoms with Gasteiger partial charge in [-0.15, -0.1) is 5.10 Å². The number of aryl methyl sites for hydroxylation is 1. The summed E-state index contributed by atoms with van der Waals surface area (Å²) in [7, 11) is 0. The fourth-order valence-corrected chi connectivity index (χ4v) is 3.34. The van der Waals surface area contributed by atoms with E-state index in [-0.39, 0.29) is 11.2 Å². The molecule has 24 heavy (non-hydrogen) atoms. The van der Waals surface area contributed by atoms with E-state index < -0.39 is 0 Å². The van der Waals surface area contributed by atoms with Crippen LogP contribution in [0.15, 0.2) is 64.8 Å². The van der Waals surface area contributed by atoms with Crippen LogP contribution in [0.25, 0.3) is 0 Å². The number of rotatable bonds is 4. The van der Waals surface area contributed by atoms with Crippen LogP contribution in [0.1, 0.15) is 23.6 Å². The zero-order chi connectivity index (χ0) is 16.9. The largest absolute Gasteiger partial charge is 0.303 e. The summed E-state index contributed by atoms with van der Waals surface area (Å²) in [5.41, 5.74) is 4.21. The summed E-state index contributed by atoms with van der Waals surface area (Å²) in [6, 6.07) is 18.1. The molecule has 0 bridgehead atoms. The molecule has 1 fully saturated rings. The van der Waals surface area contributed by atoms with E-state index in [0.29, 0.717) is 11.6 Å². The lowest BCUT2D eigenvalue weighted by Crippen LogP contribution is -2.25. The molecular weight excluding hydrogens is 318 g/mol. The van der Waals surface area contributed by atoms with Gasteiger partial charge in [-0.2, -0.15) is 5.10 Å². The zero-order valence-electron chi connectivity index (χ0n) is 13.7. The van der Waals surface area contributed by atoms with Crippen molar-refractivity contribution in [2.24, 2.45) is 10.2 Å². The molecule has 1 heterocycles. The van der Waals surface area contributed by atoms with E-state index in [4.69, 9.17) is 0 Å². The van der Waals surface area contributed by atoms with Crippen LogP contribution in [-0.4, -0.2) is 22.0 Å². The van der Waals surface area contributed by atoms with E-state index in [1.807, 2.05) is 37.3 Å². The number of nitrogens with zero attached hydrogens (tertiary/aromatic N) is 2. The Balaban J connectivity index is 1.67. The van der Waals surface area contributed by atoms with Crippen LogP contribution in [0.4, 0.5) is 0 Å². The number of thioether (sulfide) groups is 1. The van der Waals surface area contributed by atoms with E-state index in [9.17, 15) is 4.79 Å². The second kappa shape index (κ2) is 7.45. The number of hydrogen-bond acceptors (Lipinski definition) is 4. The first-order valence-corrected chi connectivity index (χ1v) is 8.70. The SMILES string of the molecule is CC(=NN=C1NC(=O)C(Cc2ccc(C)cc2)S1)c1ccccc1. The Bertz CT molecular complexity index is 782. The van der Waals surface area contributed by atoms with Gasteiger partial charge in [0.1, 0.15) is 0 Å². The Morgan fingerprint density at radius 1 is 1.12 bits per heavy atom. The third kappa shape index (κ3) is 4.11. The van der Waals surface area contributed by atoms with Crippen LogP contribution in [0.3, 0.4) is 0 Å². The highest BCUT2D eigenvalue weighted by Gasteiger charge is 2.30. The van der Waals surface area contributed by atoms with Gasteiger partial charge < -0.3 is 5.32 Å². The molecule has 1 atom stereocenters. The average Bonchev–Trinajstić information content (AvgIpc) is 2.95. The van der Waals surface area contributed by atoms with Crippen LogP contribution >= 0.6 is 11.8 Å². The highest BCUT2D eigenvalue weighted by molar-refractivity contribution is 8.15. The molecule has 1 saturated heterocycles. The van der Waals surface area contributed by atoms with Crippen molar-refractivity contribution in [2.45, 2.75) is 25.5 Å². The lowest BCUT2D eigenvalue weighted by molar-refractivity contribution is -0.118. The van der Waals surface area contributed by atoms with Crippen LogP contribution in [0.2, 0.25) is 0 Å². The van der Waals surface area contributed by atoms with Gasteiger partial charge in [0.05, 0.1) is 11.0 Å². The molecule has 2 aromatic rings. The van der Waals surface area contributed by atoms with Crippen molar-refractivity contribution < 1.29 is 4.79 Å². The minimum absolute atomic E-state index is 0.00751. The lowest BCUT2D eigenvalue weighted by atomic mass is 10.1. The fourth-order valence-electron chi connectivity index (χ4n) is 2.38. The first kappa shape index (κ1) is 16.5. The molecule has 1 unspecified atom stereocenters. The summed E-state index contributed by atoms with van der Waals surface area (Å²) >= 11 is 1.44. The predicted octanol–water partition coefficient (Wildman–Crippen LogP) is 3.55. The molecule has 1 aliphatic heterocycles. The molecule has 0 spiro atoms. The normalized spacial score (nSPS) is 19.6. The number of carbonyl (C=O) groups excluding carboxylic acids is 1. The monoisotopic (exact) mass is 337 g/mol. The first-order chi connectivity index (χ1) is 11.6. The van der Waals surface area contributed by atoms with Crippen molar-refractivity contribution in [2.75, 3.05) is 0 Å². The van der Waals surface area contributed by atoms with Crippen molar-refractivity contribution >= 4 is 28.5 Å². The second-order valence-corrected chi connectivity index (χ2v) is 6.93. The minimum atomic E-state index is -0.154. The zero-order valence-corrected chi connectivity index (χ0v) is 14.5. The molecule has 0 aliphatic carbocycles. The maximum absolute atomic E-state index is 12.1. The number of amides is 1. The van der Waals surface area contributed by atoms with E-state index in [2.05, 4.69) is 46.7 Å². The van der Waals surface area contributed by atoms with E-state index in [1.165, 1.54) is 17.3 Å². The summed E-state index contributed by atoms with van der Waals surface area (Å²) in [4.78, 5) is 12.1. The molecule has 3 rings (SSSR count). The van der Waals surface area contributed by atoms with E-state index >= 15 is 0 Å². The molecule has 122 valence electrons. The Kier molecular flexibility index (Phi) is 5.11. The van der Waals surface area contributed by atoms with Gasteiger partial charge in [-0.3, -0.25) is 4.79 Å². The van der Waals surface area contributed by atoms with Crippen LogP contribution in [0.5, 0.6) is 0 Å². The molecule has 1 N–H and O–H groups in total. The Labute approximate surface area is 146 Å². The highest BCUT2D eigenvalue weighted by Crippen LogP contribution is 2.23. The summed E-state index contributed by atoms with van der Waals surface area (Å²) in [6.07, 6.45) is 0.692. The van der Waals surface area contributed by atoms with Crippen molar-refractivity contribution in [1.82, 2.24) is 5.32 Å². The molecule has 5 heteroatoms. The predicted molar refractivity (Wildman–Crippen MR) is 100 cm³/mol. The lowest BCUT2D eigenvalue weighted by Gasteiger charge is -2.05. The van der Waals surface area contributed by atoms with Crippen LogP contribution in [-0.2, 0) is 11.2 Å². The summed E-state index contributed by atoms with van der Waals surface area (Å²) in [6.45, 7) is 3.96. The van der Waals surface area contributed by atoms with Gasteiger partial charge in [-0.25, -0.2) is 0 Å². The summed E-state index contributed by atoms with van der Waals surface area (Å²) < 4.78 is 0. The first-order valence-electron chi connectivity index (χ1n) is 7.82. The minimum Gasteiger partial charge on any atom is -0.303 e. The maximum atomic E-state index is 12.1. The fraction of sp³-hybridized carbons (Fsp3) is 0.211. The van der Waals surface area contributed by atoms with Crippen molar-refractivity contribution in [3.8, 4) is 0 Å². The Morgan fingerprint density at radius 3 is 2.54 bits per heavy atom. The van der Waals surface area contributed by atoms with Gasteiger partial charge >= 0.3 is 0 Å². The topological polar surface area (TPSA) is 53.8 Å². The molecule has 1 amide bonds. The second-order valence-electron chi connectivity index (χ2n) is 5.74. The van der Waals surface area contributed by atoms with Gasteiger partial charge in [0.15, 0.2) is 5.17 Å². The van der Waals surface area contributed by atoms with Gasteiger partial charge in [0.25, 0.3) is 0 Å². The number of benzene rings is 2. The molecule has 0 aromatic heterocycles. The van der Waals surface area contributed by atoms with Gasteiger partial charge in [-0.05, 0) is 31.4 Å². The summed E-state index contributed by atoms with van der Waals surface area (Å²) in [5, 5.41) is 11.6. The van der Waals surface area contributed by atoms with E-state index in [0.717, 1.165) is 16.8 Å². The van der Waals surface area contributed by atoms with Gasteiger partial charge in [0, 0.05) is 0 Å². The molecule has 1 aliphatic rings. The van der Waals surface area contributed by atoms with Crippen molar-refractivity contribution in [3.05, 3.63) is 71.3 Å². The van der Waals surface area contributed by atoms with E-state index in [1.54, 1.807) is 0 Å². The van der Waals surface area contributed by atoms with Crippen molar-refractivity contribution in [1.29, 1.82) is 0 Å². The maximum Gasteiger partial charge on any atom is 0.239 e. The van der Waals surface area contributed by atoms with Gasteiger partial charge in [0.2, 0.25) is 5.91 Å². The molecule has 4 nitrogen and oxygen atoms in total. The molecular formula is C19H19N3OS. The molecule has 0 saturated carbocycles. The molecule has 0 radical (unpaired) electrons.